The van der Waals surface area contributed by atoms with Crippen molar-refractivity contribution in [3.63, 3.8) is 0 Å². The van der Waals surface area contributed by atoms with Crippen molar-refractivity contribution in [2.45, 2.75) is 56.2 Å². The van der Waals surface area contributed by atoms with Crippen molar-refractivity contribution in [2.75, 3.05) is 12.8 Å². The number of amides is 1. The summed E-state index contributed by atoms with van der Waals surface area (Å²) in [6.45, 7) is 2.90. The van der Waals surface area contributed by atoms with Gasteiger partial charge in [-0.3, -0.25) is 4.79 Å². The fourth-order valence-corrected chi connectivity index (χ4v) is 2.87. The molecule has 0 aromatic heterocycles. The van der Waals surface area contributed by atoms with Crippen LogP contribution in [0.1, 0.15) is 45.4 Å². The van der Waals surface area contributed by atoms with Crippen LogP contribution in [0.15, 0.2) is 0 Å². The number of nitrogens with two attached hydrogens (primary N) is 1. The van der Waals surface area contributed by atoms with E-state index in [1.807, 2.05) is 11.8 Å². The maximum absolute atomic E-state index is 11.7. The van der Waals surface area contributed by atoms with Gasteiger partial charge in [-0.1, -0.05) is 26.2 Å². The molecule has 0 saturated heterocycles. The van der Waals surface area contributed by atoms with Crippen LogP contribution < -0.4 is 11.1 Å². The quantitative estimate of drug-likeness (QED) is 0.719. The predicted molar refractivity (Wildman–Crippen MR) is 70.6 cm³/mol. The predicted octanol–water partition coefficient (Wildman–Crippen LogP) is 1.91. The average molecular weight is 244 g/mol. The monoisotopic (exact) mass is 244 g/mol. The van der Waals surface area contributed by atoms with E-state index in [1.165, 1.54) is 19.3 Å². The van der Waals surface area contributed by atoms with Crippen molar-refractivity contribution in [3.8, 4) is 0 Å². The Morgan fingerprint density at radius 1 is 1.56 bits per heavy atom. The Hall–Kier alpha value is -0.220. The van der Waals surface area contributed by atoms with E-state index in [1.54, 1.807) is 0 Å². The van der Waals surface area contributed by atoms with Crippen LogP contribution in [0.5, 0.6) is 0 Å². The minimum absolute atomic E-state index is 0.0220. The molecule has 4 heteroatoms. The molecule has 1 amide bonds. The molecule has 1 fully saturated rings. The molecule has 0 heterocycles. The molecule has 1 rings (SSSR count). The van der Waals surface area contributed by atoms with E-state index in [9.17, 15) is 4.79 Å². The number of hydrogen-bond acceptors (Lipinski definition) is 3. The first kappa shape index (κ1) is 13.8. The maximum atomic E-state index is 11.7. The Morgan fingerprint density at radius 2 is 2.25 bits per heavy atom. The standard InChI is InChI=1S/C12H24N2OS/c1-3-4-6-10(13)11(15)14-9-12(16-2)7-5-8-12/h10H,3-9,13H2,1-2H3,(H,14,15)/t10-/m0/s1. The van der Waals surface area contributed by atoms with Crippen molar-refractivity contribution in [1.82, 2.24) is 5.32 Å². The first-order chi connectivity index (χ1) is 7.63. The van der Waals surface area contributed by atoms with E-state index < -0.39 is 0 Å². The molecule has 0 spiro atoms. The van der Waals surface area contributed by atoms with Gasteiger partial charge < -0.3 is 11.1 Å². The minimum atomic E-state index is -0.320. The molecule has 0 unspecified atom stereocenters. The minimum Gasteiger partial charge on any atom is -0.353 e. The zero-order valence-electron chi connectivity index (χ0n) is 10.4. The molecular weight excluding hydrogens is 220 g/mol. The lowest BCUT2D eigenvalue weighted by Gasteiger charge is -2.40. The van der Waals surface area contributed by atoms with E-state index in [0.717, 1.165) is 25.8 Å². The summed E-state index contributed by atoms with van der Waals surface area (Å²) in [5.74, 6) is 0.0220. The highest BCUT2D eigenvalue weighted by Crippen LogP contribution is 2.42. The number of carbonyl (C=O) groups excluding carboxylic acids is 1. The van der Waals surface area contributed by atoms with Crippen LogP contribution in [0.25, 0.3) is 0 Å². The van der Waals surface area contributed by atoms with Crippen molar-refractivity contribution in [2.24, 2.45) is 5.73 Å². The van der Waals surface area contributed by atoms with E-state index in [-0.39, 0.29) is 11.9 Å². The second kappa shape index (κ2) is 6.50. The summed E-state index contributed by atoms with van der Waals surface area (Å²) in [5.41, 5.74) is 5.81. The Balaban J connectivity index is 2.23. The van der Waals surface area contributed by atoms with E-state index in [2.05, 4.69) is 18.5 Å². The normalized spacial score (nSPS) is 19.9. The summed E-state index contributed by atoms with van der Waals surface area (Å²) in [7, 11) is 0. The molecule has 0 radical (unpaired) electrons. The molecule has 0 aliphatic heterocycles. The van der Waals surface area contributed by atoms with Gasteiger partial charge in [0, 0.05) is 11.3 Å². The summed E-state index contributed by atoms with van der Waals surface area (Å²) < 4.78 is 0.306. The van der Waals surface area contributed by atoms with Gasteiger partial charge in [-0.15, -0.1) is 0 Å². The maximum Gasteiger partial charge on any atom is 0.236 e. The molecule has 3 N–H and O–H groups in total. The first-order valence-electron chi connectivity index (χ1n) is 6.22. The van der Waals surface area contributed by atoms with E-state index in [0.29, 0.717) is 4.75 Å². The van der Waals surface area contributed by atoms with E-state index in [4.69, 9.17) is 5.73 Å². The van der Waals surface area contributed by atoms with Crippen molar-refractivity contribution in [1.29, 1.82) is 0 Å². The molecule has 1 atom stereocenters. The number of carbonyl (C=O) groups is 1. The van der Waals surface area contributed by atoms with Crippen LogP contribution in [-0.2, 0) is 4.79 Å². The van der Waals surface area contributed by atoms with Crippen LogP contribution in [0.2, 0.25) is 0 Å². The lowest BCUT2D eigenvalue weighted by atomic mass is 9.84. The lowest BCUT2D eigenvalue weighted by Crippen LogP contribution is -2.49. The molecule has 3 nitrogen and oxygen atoms in total. The van der Waals surface area contributed by atoms with Gasteiger partial charge in [0.05, 0.1) is 6.04 Å². The number of hydrogen-bond donors (Lipinski definition) is 2. The lowest BCUT2D eigenvalue weighted by molar-refractivity contribution is -0.122. The van der Waals surface area contributed by atoms with Crippen LogP contribution in [0, 0.1) is 0 Å². The smallest absolute Gasteiger partial charge is 0.236 e. The van der Waals surface area contributed by atoms with Gasteiger partial charge in [0.15, 0.2) is 0 Å². The van der Waals surface area contributed by atoms with Gasteiger partial charge in [0.2, 0.25) is 5.91 Å². The van der Waals surface area contributed by atoms with Crippen molar-refractivity contribution < 1.29 is 4.79 Å². The number of nitrogens with one attached hydrogen (secondary N) is 1. The second-order valence-electron chi connectivity index (χ2n) is 4.71. The zero-order chi connectivity index (χ0) is 12.0. The van der Waals surface area contributed by atoms with Gasteiger partial charge in [-0.25, -0.2) is 0 Å². The third kappa shape index (κ3) is 3.67. The van der Waals surface area contributed by atoms with Crippen LogP contribution >= 0.6 is 11.8 Å². The highest BCUT2D eigenvalue weighted by molar-refractivity contribution is 8.00. The summed E-state index contributed by atoms with van der Waals surface area (Å²) in [6.07, 6.45) is 8.78. The third-order valence-corrected chi connectivity index (χ3v) is 4.91. The van der Waals surface area contributed by atoms with Gasteiger partial charge in [0.25, 0.3) is 0 Å². The number of thioether (sulfide) groups is 1. The molecule has 0 bridgehead atoms. The van der Waals surface area contributed by atoms with Gasteiger partial charge >= 0.3 is 0 Å². The Labute approximate surface area is 103 Å². The van der Waals surface area contributed by atoms with Crippen LogP contribution in [0.3, 0.4) is 0 Å². The molecule has 1 aliphatic carbocycles. The molecule has 0 aromatic carbocycles. The topological polar surface area (TPSA) is 55.1 Å². The highest BCUT2D eigenvalue weighted by atomic mass is 32.2. The highest BCUT2D eigenvalue weighted by Gasteiger charge is 2.36. The Morgan fingerprint density at radius 3 is 2.69 bits per heavy atom. The van der Waals surface area contributed by atoms with Crippen LogP contribution in [-0.4, -0.2) is 29.5 Å². The summed E-state index contributed by atoms with van der Waals surface area (Å²) in [4.78, 5) is 11.7. The fourth-order valence-electron chi connectivity index (χ4n) is 1.96. The Kier molecular flexibility index (Phi) is 5.62. The SMILES string of the molecule is CCCC[C@H](N)C(=O)NCC1(SC)CCC1. The first-order valence-corrected chi connectivity index (χ1v) is 7.44. The summed E-state index contributed by atoms with van der Waals surface area (Å²) in [5, 5.41) is 3.00. The van der Waals surface area contributed by atoms with Gasteiger partial charge in [-0.05, 0) is 25.5 Å². The summed E-state index contributed by atoms with van der Waals surface area (Å²) in [6, 6.07) is -0.320. The zero-order valence-corrected chi connectivity index (χ0v) is 11.2. The third-order valence-electron chi connectivity index (χ3n) is 3.49. The van der Waals surface area contributed by atoms with E-state index >= 15 is 0 Å². The molecule has 94 valence electrons. The second-order valence-corrected chi connectivity index (χ2v) is 5.98. The van der Waals surface area contributed by atoms with Crippen molar-refractivity contribution in [3.05, 3.63) is 0 Å². The van der Waals surface area contributed by atoms with Gasteiger partial charge in [-0.2, -0.15) is 11.8 Å². The largest absolute Gasteiger partial charge is 0.353 e. The fraction of sp³-hybridized carbons (Fsp3) is 0.917. The summed E-state index contributed by atoms with van der Waals surface area (Å²) >= 11 is 1.88. The molecule has 1 aliphatic rings. The number of rotatable bonds is 7. The molecule has 16 heavy (non-hydrogen) atoms. The number of unbranched alkanes of at least 4 members (excludes halogenated alkanes) is 1. The molecule has 1 saturated carbocycles. The van der Waals surface area contributed by atoms with Gasteiger partial charge in [0.1, 0.15) is 0 Å². The Bertz CT molecular complexity index is 224. The average Bonchev–Trinajstić information content (AvgIpc) is 2.24. The van der Waals surface area contributed by atoms with Crippen molar-refractivity contribution >= 4 is 17.7 Å². The molecule has 0 aromatic rings. The van der Waals surface area contributed by atoms with Crippen LogP contribution in [0.4, 0.5) is 0 Å². The molecular formula is C12H24N2OS.